The number of benzene rings is 1. The molecule has 0 bridgehead atoms. The number of rotatable bonds is 4. The minimum Gasteiger partial charge on any atom is -0.373 e. The smallest absolute Gasteiger partial charge is 0.255 e. The quantitative estimate of drug-likeness (QED) is 0.709. The number of amides is 3. The third-order valence-corrected chi connectivity index (χ3v) is 6.09. The molecule has 3 aliphatic heterocycles. The van der Waals surface area contributed by atoms with Crippen molar-refractivity contribution >= 4 is 17.7 Å². The van der Waals surface area contributed by atoms with Crippen LogP contribution in [0, 0.1) is 0 Å². The van der Waals surface area contributed by atoms with Crippen molar-refractivity contribution in [1.29, 1.82) is 0 Å². The third kappa shape index (κ3) is 3.80. The van der Waals surface area contributed by atoms with E-state index >= 15 is 0 Å². The molecule has 0 radical (unpaired) electrons. The second-order valence-electron chi connectivity index (χ2n) is 8.71. The van der Waals surface area contributed by atoms with Gasteiger partial charge >= 0.3 is 0 Å². The first-order valence-electron chi connectivity index (χ1n) is 10.1. The molecule has 1 aromatic rings. The highest BCUT2D eigenvalue weighted by atomic mass is 16.5. The Morgan fingerprint density at radius 3 is 2.79 bits per heavy atom. The second-order valence-corrected chi connectivity index (χ2v) is 8.71. The number of nitrogens with two attached hydrogens (primary N) is 1. The van der Waals surface area contributed by atoms with E-state index in [1.54, 1.807) is 4.90 Å². The Morgan fingerprint density at radius 2 is 2.07 bits per heavy atom. The number of hydrogen-bond acceptors (Lipinski definition) is 6. The average Bonchev–Trinajstić information content (AvgIpc) is 2.99. The maximum Gasteiger partial charge on any atom is 0.255 e. The molecule has 0 saturated carbocycles. The highest BCUT2D eigenvalue weighted by Gasteiger charge is 2.40. The molecule has 8 nitrogen and oxygen atoms in total. The number of ether oxygens (including phenoxy) is 1. The van der Waals surface area contributed by atoms with Crippen LogP contribution in [-0.2, 0) is 27.4 Å². The molecular formula is C21H28N4O4. The topological polar surface area (TPSA) is 105 Å². The van der Waals surface area contributed by atoms with E-state index < -0.39 is 6.04 Å². The summed E-state index contributed by atoms with van der Waals surface area (Å²) in [5.74, 6) is -0.810. The lowest BCUT2D eigenvalue weighted by molar-refractivity contribution is -0.136. The van der Waals surface area contributed by atoms with E-state index in [-0.39, 0.29) is 35.8 Å². The molecule has 3 heterocycles. The van der Waals surface area contributed by atoms with Gasteiger partial charge in [-0.15, -0.1) is 0 Å². The molecule has 3 amide bonds. The molecule has 4 rings (SSSR count). The molecule has 8 heteroatoms. The van der Waals surface area contributed by atoms with Crippen LogP contribution in [0.15, 0.2) is 18.2 Å². The molecule has 1 aromatic carbocycles. The molecule has 29 heavy (non-hydrogen) atoms. The molecular weight excluding hydrogens is 372 g/mol. The van der Waals surface area contributed by atoms with Crippen LogP contribution >= 0.6 is 0 Å². The lowest BCUT2D eigenvalue weighted by Gasteiger charge is -2.43. The summed E-state index contributed by atoms with van der Waals surface area (Å²) in [6.07, 6.45) is 0.622. The molecule has 0 aliphatic carbocycles. The summed E-state index contributed by atoms with van der Waals surface area (Å²) in [5, 5.41) is 2.35. The summed E-state index contributed by atoms with van der Waals surface area (Å²) in [4.78, 5) is 40.7. The fourth-order valence-electron chi connectivity index (χ4n) is 4.51. The van der Waals surface area contributed by atoms with E-state index in [4.69, 9.17) is 10.5 Å². The molecule has 0 aromatic heterocycles. The van der Waals surface area contributed by atoms with Crippen LogP contribution in [0.3, 0.4) is 0 Å². The van der Waals surface area contributed by atoms with E-state index in [0.717, 1.165) is 17.7 Å². The van der Waals surface area contributed by atoms with Gasteiger partial charge in [0.05, 0.1) is 12.2 Å². The van der Waals surface area contributed by atoms with Crippen molar-refractivity contribution in [2.75, 3.05) is 19.7 Å². The van der Waals surface area contributed by atoms with Gasteiger partial charge in [-0.3, -0.25) is 24.6 Å². The molecule has 2 atom stereocenters. The van der Waals surface area contributed by atoms with E-state index in [1.807, 2.05) is 18.2 Å². The van der Waals surface area contributed by atoms with Crippen molar-refractivity contribution in [2.45, 2.75) is 57.5 Å². The fraction of sp³-hybridized carbons (Fsp3) is 0.571. The summed E-state index contributed by atoms with van der Waals surface area (Å²) < 4.78 is 5.91. The second kappa shape index (κ2) is 7.51. The zero-order valence-corrected chi connectivity index (χ0v) is 16.9. The predicted octanol–water partition coefficient (Wildman–Crippen LogP) is 0.386. The normalized spacial score (nSPS) is 27.1. The zero-order valence-electron chi connectivity index (χ0n) is 16.9. The van der Waals surface area contributed by atoms with Crippen LogP contribution < -0.4 is 11.1 Å². The maximum absolute atomic E-state index is 13.0. The minimum atomic E-state index is -0.598. The number of nitrogens with one attached hydrogen (secondary N) is 1. The Hall–Kier alpha value is -2.29. The number of hydrogen-bond donors (Lipinski definition) is 2. The first-order chi connectivity index (χ1) is 13.8. The predicted molar refractivity (Wildman–Crippen MR) is 106 cm³/mol. The fourth-order valence-corrected chi connectivity index (χ4v) is 4.51. The molecule has 2 saturated heterocycles. The monoisotopic (exact) mass is 400 g/mol. The Kier molecular flexibility index (Phi) is 5.18. The van der Waals surface area contributed by atoms with Gasteiger partial charge in [-0.1, -0.05) is 12.1 Å². The van der Waals surface area contributed by atoms with Gasteiger partial charge in [0.2, 0.25) is 11.8 Å². The first-order valence-corrected chi connectivity index (χ1v) is 10.1. The van der Waals surface area contributed by atoms with Gasteiger partial charge in [0, 0.05) is 44.2 Å². The van der Waals surface area contributed by atoms with Crippen LogP contribution in [0.5, 0.6) is 0 Å². The van der Waals surface area contributed by atoms with Gasteiger partial charge in [-0.25, -0.2) is 0 Å². The van der Waals surface area contributed by atoms with Crippen molar-refractivity contribution in [3.05, 3.63) is 34.9 Å². The lowest BCUT2D eigenvalue weighted by Crippen LogP contribution is -2.56. The number of piperidine rings is 1. The van der Waals surface area contributed by atoms with Crippen molar-refractivity contribution < 1.29 is 19.1 Å². The maximum atomic E-state index is 13.0. The van der Waals surface area contributed by atoms with Crippen molar-refractivity contribution in [1.82, 2.24) is 15.1 Å². The summed E-state index contributed by atoms with van der Waals surface area (Å²) >= 11 is 0. The molecule has 3 aliphatic rings. The van der Waals surface area contributed by atoms with Gasteiger partial charge in [0.15, 0.2) is 0 Å². The highest BCUT2D eigenvalue weighted by Crippen LogP contribution is 2.31. The van der Waals surface area contributed by atoms with Crippen molar-refractivity contribution in [3.8, 4) is 0 Å². The molecule has 2 unspecified atom stereocenters. The van der Waals surface area contributed by atoms with Crippen LogP contribution in [0.4, 0.5) is 0 Å². The van der Waals surface area contributed by atoms with Gasteiger partial charge in [-0.2, -0.15) is 0 Å². The first kappa shape index (κ1) is 20.0. The summed E-state index contributed by atoms with van der Waals surface area (Å²) in [7, 11) is 0. The largest absolute Gasteiger partial charge is 0.373 e. The van der Waals surface area contributed by atoms with E-state index in [9.17, 15) is 14.4 Å². The third-order valence-electron chi connectivity index (χ3n) is 6.09. The number of morpholine rings is 1. The van der Waals surface area contributed by atoms with Gasteiger partial charge in [-0.05, 0) is 37.5 Å². The van der Waals surface area contributed by atoms with E-state index in [2.05, 4.69) is 24.1 Å². The zero-order chi connectivity index (χ0) is 20.8. The number of carbonyl (C=O) groups excluding carboxylic acids is 3. The average molecular weight is 400 g/mol. The molecule has 3 N–H and O–H groups in total. The summed E-state index contributed by atoms with van der Waals surface area (Å²) in [6, 6.07) is 5.28. The lowest BCUT2D eigenvalue weighted by atomic mass is 9.99. The van der Waals surface area contributed by atoms with Crippen LogP contribution in [-0.4, -0.2) is 64.9 Å². The highest BCUT2D eigenvalue weighted by molar-refractivity contribution is 6.05. The van der Waals surface area contributed by atoms with E-state index in [0.29, 0.717) is 38.2 Å². The Bertz CT molecular complexity index is 853. The summed E-state index contributed by atoms with van der Waals surface area (Å²) in [6.45, 7) is 7.04. The molecule has 156 valence electrons. The molecule has 0 spiro atoms. The molecule has 2 fully saturated rings. The SMILES string of the molecule is CC1(C)CN(Cc2cccc3c2CN(C2CCC(=O)NC2=O)C3=O)C(CN)CO1. The van der Waals surface area contributed by atoms with E-state index in [1.165, 1.54) is 0 Å². The number of carbonyl (C=O) groups is 3. The van der Waals surface area contributed by atoms with Crippen molar-refractivity contribution in [2.24, 2.45) is 5.73 Å². The summed E-state index contributed by atoms with van der Waals surface area (Å²) in [5.41, 5.74) is 8.38. The Labute approximate surface area is 170 Å². The van der Waals surface area contributed by atoms with Gasteiger partial charge in [0.1, 0.15) is 6.04 Å². The number of fused-ring (bicyclic) bond motifs is 1. The van der Waals surface area contributed by atoms with Crippen LogP contribution in [0.1, 0.15) is 48.2 Å². The number of nitrogens with zero attached hydrogens (tertiary/aromatic N) is 2. The van der Waals surface area contributed by atoms with Crippen LogP contribution in [0.2, 0.25) is 0 Å². The van der Waals surface area contributed by atoms with Gasteiger partial charge in [0.25, 0.3) is 5.91 Å². The number of imide groups is 1. The van der Waals surface area contributed by atoms with Crippen molar-refractivity contribution in [3.63, 3.8) is 0 Å². The van der Waals surface area contributed by atoms with Gasteiger partial charge < -0.3 is 15.4 Å². The minimum absolute atomic E-state index is 0.127. The Balaban J connectivity index is 1.57. The van der Waals surface area contributed by atoms with Crippen LogP contribution in [0.25, 0.3) is 0 Å². The Morgan fingerprint density at radius 1 is 1.28 bits per heavy atom. The standard InChI is InChI=1S/C21H28N4O4/c1-21(2)12-24(14(8-22)11-29-21)9-13-4-3-5-15-16(13)10-25(20(15)28)17-6-7-18(26)23-19(17)27/h3-5,14,17H,6-12,22H2,1-2H3,(H,23,26,27).